The van der Waals surface area contributed by atoms with Crippen LogP contribution in [0.2, 0.25) is 0 Å². The third-order valence-electron chi connectivity index (χ3n) is 3.29. The molecule has 0 aliphatic rings. The van der Waals surface area contributed by atoms with Crippen molar-refractivity contribution in [2.75, 3.05) is 12.4 Å². The van der Waals surface area contributed by atoms with Crippen LogP contribution in [-0.2, 0) is 0 Å². The van der Waals surface area contributed by atoms with E-state index in [4.69, 9.17) is 4.74 Å². The summed E-state index contributed by atoms with van der Waals surface area (Å²) in [6, 6.07) is 12.9. The third kappa shape index (κ3) is 3.37. The molecule has 3 aromatic rings. The van der Waals surface area contributed by atoms with E-state index in [1.165, 1.54) is 18.5 Å². The number of methoxy groups -OCH3 is 1. The van der Waals surface area contributed by atoms with Crippen molar-refractivity contribution in [1.29, 1.82) is 0 Å². The minimum atomic E-state index is -0.323. The third-order valence-corrected chi connectivity index (χ3v) is 3.29. The quantitative estimate of drug-likeness (QED) is 0.804. The number of halogens is 1. The lowest BCUT2D eigenvalue weighted by Gasteiger charge is -2.04. The fraction of sp³-hybridized carbons (Fsp3) is 0.0588. The van der Waals surface area contributed by atoms with Gasteiger partial charge in [-0.2, -0.15) is 0 Å². The molecule has 0 bridgehead atoms. The summed E-state index contributed by atoms with van der Waals surface area (Å²) in [5.74, 6) is 0.0750. The van der Waals surface area contributed by atoms with Gasteiger partial charge in [0.2, 0.25) is 0 Å². The van der Waals surface area contributed by atoms with Crippen molar-refractivity contribution in [3.8, 4) is 11.4 Å². The van der Waals surface area contributed by atoms with Gasteiger partial charge in [-0.15, -0.1) is 0 Å². The topological polar surface area (TPSA) is 56.1 Å². The van der Waals surface area contributed by atoms with E-state index in [0.29, 0.717) is 11.4 Å². The molecule has 0 unspecified atom stereocenters. The van der Waals surface area contributed by atoms with Gasteiger partial charge in [-0.25, -0.2) is 9.37 Å². The molecule has 0 saturated carbocycles. The van der Waals surface area contributed by atoms with Crippen LogP contribution in [0, 0.1) is 5.82 Å². The van der Waals surface area contributed by atoms with E-state index in [2.05, 4.69) is 10.3 Å². The molecule has 2 aromatic carbocycles. The van der Waals surface area contributed by atoms with E-state index in [0.717, 1.165) is 5.69 Å². The Kier molecular flexibility index (Phi) is 4.05. The van der Waals surface area contributed by atoms with Crippen molar-refractivity contribution in [1.82, 2.24) is 9.55 Å². The Balaban J connectivity index is 1.74. The number of anilines is 1. The molecule has 0 radical (unpaired) electrons. The lowest BCUT2D eigenvalue weighted by molar-refractivity contribution is 0.102. The molecule has 0 aliphatic carbocycles. The highest BCUT2D eigenvalue weighted by Gasteiger charge is 2.10. The standard InChI is InChI=1S/C17H14FN3O2/c1-23-15-8-4-13(5-9-15)20-17(22)16-10-21(11-19-16)14-6-2-12(18)3-7-14/h2-11H,1H3,(H,20,22). The Morgan fingerprint density at radius 1 is 1.13 bits per heavy atom. The van der Waals surface area contributed by atoms with Crippen molar-refractivity contribution in [3.05, 3.63) is 72.6 Å². The minimum Gasteiger partial charge on any atom is -0.497 e. The first-order valence-corrected chi connectivity index (χ1v) is 6.91. The highest BCUT2D eigenvalue weighted by Crippen LogP contribution is 2.16. The smallest absolute Gasteiger partial charge is 0.275 e. The van der Waals surface area contributed by atoms with Gasteiger partial charge in [-0.3, -0.25) is 4.79 Å². The molecule has 0 fully saturated rings. The molecule has 0 saturated heterocycles. The number of imidazole rings is 1. The number of carbonyl (C=O) groups excluding carboxylic acids is 1. The Morgan fingerprint density at radius 2 is 1.83 bits per heavy atom. The van der Waals surface area contributed by atoms with Gasteiger partial charge in [0.05, 0.1) is 7.11 Å². The molecular formula is C17H14FN3O2. The van der Waals surface area contributed by atoms with Crippen LogP contribution >= 0.6 is 0 Å². The van der Waals surface area contributed by atoms with Crippen LogP contribution in [-0.4, -0.2) is 22.6 Å². The molecule has 0 spiro atoms. The highest BCUT2D eigenvalue weighted by atomic mass is 19.1. The Bertz CT molecular complexity index is 811. The maximum absolute atomic E-state index is 12.9. The lowest BCUT2D eigenvalue weighted by Crippen LogP contribution is -2.12. The average molecular weight is 311 g/mol. The Hall–Kier alpha value is -3.15. The number of hydrogen-bond acceptors (Lipinski definition) is 3. The Morgan fingerprint density at radius 3 is 2.48 bits per heavy atom. The highest BCUT2D eigenvalue weighted by molar-refractivity contribution is 6.02. The van der Waals surface area contributed by atoms with E-state index < -0.39 is 0 Å². The number of carbonyl (C=O) groups is 1. The summed E-state index contributed by atoms with van der Waals surface area (Å²) in [7, 11) is 1.58. The summed E-state index contributed by atoms with van der Waals surface area (Å²) < 4.78 is 19.7. The number of nitrogens with one attached hydrogen (secondary N) is 1. The molecule has 5 nitrogen and oxygen atoms in total. The number of rotatable bonds is 4. The molecule has 1 aromatic heterocycles. The molecule has 3 rings (SSSR count). The maximum atomic E-state index is 12.9. The van der Waals surface area contributed by atoms with Crippen molar-refractivity contribution in [2.45, 2.75) is 0 Å². The normalized spacial score (nSPS) is 10.3. The summed E-state index contributed by atoms with van der Waals surface area (Å²) >= 11 is 0. The van der Waals surface area contributed by atoms with Gasteiger partial charge in [0, 0.05) is 17.6 Å². The Labute approximate surface area is 132 Å². The molecule has 0 aliphatic heterocycles. The predicted molar refractivity (Wildman–Crippen MR) is 84.5 cm³/mol. The largest absolute Gasteiger partial charge is 0.497 e. The van der Waals surface area contributed by atoms with Crippen LogP contribution in [0.5, 0.6) is 5.75 Å². The van der Waals surface area contributed by atoms with Gasteiger partial charge in [0.15, 0.2) is 0 Å². The number of amides is 1. The zero-order valence-corrected chi connectivity index (χ0v) is 12.4. The van der Waals surface area contributed by atoms with Crippen LogP contribution in [0.3, 0.4) is 0 Å². The molecule has 0 atom stereocenters. The van der Waals surface area contributed by atoms with Gasteiger partial charge in [0.1, 0.15) is 23.6 Å². The number of benzene rings is 2. The number of ether oxygens (including phenoxy) is 1. The van der Waals surface area contributed by atoms with Gasteiger partial charge in [-0.05, 0) is 48.5 Å². The van der Waals surface area contributed by atoms with Gasteiger partial charge < -0.3 is 14.6 Å². The summed E-state index contributed by atoms with van der Waals surface area (Å²) in [4.78, 5) is 16.3. The van der Waals surface area contributed by atoms with E-state index in [-0.39, 0.29) is 17.4 Å². The predicted octanol–water partition coefficient (Wildman–Crippen LogP) is 3.27. The second-order valence-electron chi connectivity index (χ2n) is 4.83. The van der Waals surface area contributed by atoms with Crippen molar-refractivity contribution < 1.29 is 13.9 Å². The second kappa shape index (κ2) is 6.31. The maximum Gasteiger partial charge on any atom is 0.275 e. The molecule has 1 amide bonds. The summed E-state index contributed by atoms with van der Waals surface area (Å²) in [5.41, 5.74) is 1.64. The van der Waals surface area contributed by atoms with E-state index in [1.807, 2.05) is 0 Å². The van der Waals surface area contributed by atoms with Crippen LogP contribution in [0.4, 0.5) is 10.1 Å². The molecule has 116 valence electrons. The van der Waals surface area contributed by atoms with E-state index in [9.17, 15) is 9.18 Å². The summed E-state index contributed by atoms with van der Waals surface area (Å²) in [6.45, 7) is 0. The van der Waals surface area contributed by atoms with Crippen LogP contribution in [0.25, 0.3) is 5.69 Å². The summed E-state index contributed by atoms with van der Waals surface area (Å²) in [6.07, 6.45) is 3.10. The fourth-order valence-electron chi connectivity index (χ4n) is 2.06. The van der Waals surface area contributed by atoms with E-state index in [1.54, 1.807) is 54.3 Å². The van der Waals surface area contributed by atoms with Crippen molar-refractivity contribution in [2.24, 2.45) is 0 Å². The van der Waals surface area contributed by atoms with Gasteiger partial charge >= 0.3 is 0 Å². The van der Waals surface area contributed by atoms with Gasteiger partial charge in [0.25, 0.3) is 5.91 Å². The molecular weight excluding hydrogens is 297 g/mol. The van der Waals surface area contributed by atoms with Crippen LogP contribution in [0.15, 0.2) is 61.1 Å². The lowest BCUT2D eigenvalue weighted by atomic mass is 10.3. The monoisotopic (exact) mass is 311 g/mol. The molecule has 1 N–H and O–H groups in total. The van der Waals surface area contributed by atoms with Crippen molar-refractivity contribution in [3.63, 3.8) is 0 Å². The molecule has 6 heteroatoms. The van der Waals surface area contributed by atoms with Crippen LogP contribution in [0.1, 0.15) is 10.5 Å². The first kappa shape index (κ1) is 14.8. The SMILES string of the molecule is COc1ccc(NC(=O)c2cn(-c3ccc(F)cc3)cn2)cc1. The van der Waals surface area contributed by atoms with Crippen LogP contribution < -0.4 is 10.1 Å². The second-order valence-corrected chi connectivity index (χ2v) is 4.83. The zero-order chi connectivity index (χ0) is 16.2. The number of nitrogens with zero attached hydrogens (tertiary/aromatic N) is 2. The van der Waals surface area contributed by atoms with Crippen molar-refractivity contribution >= 4 is 11.6 Å². The minimum absolute atomic E-state index is 0.269. The number of hydrogen-bond donors (Lipinski definition) is 1. The average Bonchev–Trinajstić information content (AvgIpc) is 3.06. The molecule has 1 heterocycles. The summed E-state index contributed by atoms with van der Waals surface area (Å²) in [5, 5.41) is 2.75. The van der Waals surface area contributed by atoms with Gasteiger partial charge in [-0.1, -0.05) is 0 Å². The number of aromatic nitrogens is 2. The van der Waals surface area contributed by atoms with E-state index >= 15 is 0 Å². The molecule has 23 heavy (non-hydrogen) atoms. The fourth-order valence-corrected chi connectivity index (χ4v) is 2.06. The first-order chi connectivity index (χ1) is 11.2. The first-order valence-electron chi connectivity index (χ1n) is 6.91. The zero-order valence-electron chi connectivity index (χ0n) is 12.4.